The van der Waals surface area contributed by atoms with Gasteiger partial charge in [-0.25, -0.2) is 12.7 Å². The molecule has 0 aromatic heterocycles. The van der Waals surface area contributed by atoms with E-state index < -0.39 is 10.0 Å². The Morgan fingerprint density at radius 3 is 2.44 bits per heavy atom. The second-order valence-corrected chi connectivity index (χ2v) is 6.40. The monoisotopic (exact) mass is 274 g/mol. The molecule has 0 aliphatic rings. The normalized spacial score (nSPS) is 11.9. The highest BCUT2D eigenvalue weighted by Gasteiger charge is 2.12. The maximum atomic E-state index is 11.5. The maximum Gasteiger partial charge on any atom is 0.214 e. The van der Waals surface area contributed by atoms with Gasteiger partial charge in [0, 0.05) is 27.2 Å². The van der Waals surface area contributed by atoms with E-state index in [1.165, 1.54) is 30.5 Å². The van der Waals surface area contributed by atoms with Gasteiger partial charge in [0.15, 0.2) is 11.5 Å². The highest BCUT2D eigenvalue weighted by atomic mass is 32.2. The molecule has 0 fully saturated rings. The molecule has 6 nitrogen and oxygen atoms in total. The lowest BCUT2D eigenvalue weighted by molar-refractivity contribution is 0.403. The number of hydrogen-bond acceptors (Lipinski definition) is 5. The van der Waals surface area contributed by atoms with Crippen molar-refractivity contribution in [3.8, 4) is 11.5 Å². The van der Waals surface area contributed by atoms with Gasteiger partial charge in [0.05, 0.1) is 5.75 Å². The van der Waals surface area contributed by atoms with Crippen LogP contribution in [0.2, 0.25) is 0 Å². The highest BCUT2D eigenvalue weighted by molar-refractivity contribution is 7.89. The Hall–Kier alpha value is -1.31. The molecular weight excluding hydrogens is 256 g/mol. The smallest absolute Gasteiger partial charge is 0.214 e. The molecule has 0 heterocycles. The summed E-state index contributed by atoms with van der Waals surface area (Å²) in [5.74, 6) is -0.339. The minimum atomic E-state index is -3.19. The number of nitrogens with zero attached hydrogens (tertiary/aromatic N) is 1. The molecule has 1 aromatic rings. The van der Waals surface area contributed by atoms with Crippen molar-refractivity contribution in [2.45, 2.75) is 6.54 Å². The Kier molecular flexibility index (Phi) is 4.94. The summed E-state index contributed by atoms with van der Waals surface area (Å²) in [4.78, 5) is 0. The number of nitrogens with one attached hydrogen (secondary N) is 1. The van der Waals surface area contributed by atoms with Crippen LogP contribution in [-0.4, -0.2) is 49.3 Å². The Morgan fingerprint density at radius 1 is 1.22 bits per heavy atom. The Labute approximate surface area is 107 Å². The average molecular weight is 274 g/mol. The predicted molar refractivity (Wildman–Crippen MR) is 69.0 cm³/mol. The zero-order chi connectivity index (χ0) is 13.8. The second kappa shape index (κ2) is 6.03. The minimum absolute atomic E-state index is 0.0179. The van der Waals surface area contributed by atoms with Gasteiger partial charge in [-0.05, 0) is 17.7 Å². The van der Waals surface area contributed by atoms with Crippen LogP contribution in [0.25, 0.3) is 0 Å². The molecule has 0 unspecified atom stereocenters. The quantitative estimate of drug-likeness (QED) is 0.505. The highest BCUT2D eigenvalue weighted by Crippen LogP contribution is 2.24. The van der Waals surface area contributed by atoms with Crippen LogP contribution in [0.5, 0.6) is 11.5 Å². The summed E-state index contributed by atoms with van der Waals surface area (Å²) in [6, 6.07) is 4.48. The molecule has 18 heavy (non-hydrogen) atoms. The van der Waals surface area contributed by atoms with Gasteiger partial charge in [0.1, 0.15) is 0 Å². The van der Waals surface area contributed by atoms with E-state index in [9.17, 15) is 13.5 Å². The molecule has 0 radical (unpaired) electrons. The van der Waals surface area contributed by atoms with Gasteiger partial charge < -0.3 is 15.5 Å². The zero-order valence-electron chi connectivity index (χ0n) is 10.4. The molecule has 0 spiro atoms. The number of benzene rings is 1. The third kappa shape index (κ3) is 4.17. The Bertz CT molecular complexity index is 500. The van der Waals surface area contributed by atoms with E-state index in [2.05, 4.69) is 5.32 Å². The number of aromatic hydroxyl groups is 2. The first kappa shape index (κ1) is 14.7. The summed E-state index contributed by atoms with van der Waals surface area (Å²) < 4.78 is 24.1. The molecule has 102 valence electrons. The molecule has 0 atom stereocenters. The lowest BCUT2D eigenvalue weighted by Crippen LogP contribution is -2.30. The summed E-state index contributed by atoms with van der Waals surface area (Å²) in [5, 5.41) is 21.4. The van der Waals surface area contributed by atoms with Crippen molar-refractivity contribution in [1.82, 2.24) is 9.62 Å². The van der Waals surface area contributed by atoms with E-state index in [-0.39, 0.29) is 17.3 Å². The lowest BCUT2D eigenvalue weighted by Gasteiger charge is -2.11. The second-order valence-electron chi connectivity index (χ2n) is 4.10. The van der Waals surface area contributed by atoms with Crippen LogP contribution in [0.15, 0.2) is 18.2 Å². The fourth-order valence-corrected chi connectivity index (χ4v) is 2.06. The van der Waals surface area contributed by atoms with Gasteiger partial charge in [-0.3, -0.25) is 0 Å². The standard InChI is InChI=1S/C11H18N2O4S/c1-13(2)18(16,17)6-5-12-8-9-3-4-10(14)11(15)7-9/h3-4,7,12,14-15H,5-6,8H2,1-2H3. The van der Waals surface area contributed by atoms with Gasteiger partial charge in [0.25, 0.3) is 0 Å². The Morgan fingerprint density at radius 2 is 1.89 bits per heavy atom. The van der Waals surface area contributed by atoms with Crippen molar-refractivity contribution in [2.75, 3.05) is 26.4 Å². The molecule has 1 rings (SSSR count). The zero-order valence-corrected chi connectivity index (χ0v) is 11.2. The molecule has 0 saturated heterocycles. The SMILES string of the molecule is CN(C)S(=O)(=O)CCNCc1ccc(O)c(O)c1. The third-order valence-electron chi connectivity index (χ3n) is 2.46. The van der Waals surface area contributed by atoms with Crippen molar-refractivity contribution in [1.29, 1.82) is 0 Å². The fraction of sp³-hybridized carbons (Fsp3) is 0.455. The van der Waals surface area contributed by atoms with E-state index in [1.807, 2.05) is 0 Å². The summed E-state index contributed by atoms with van der Waals surface area (Å²) in [6.07, 6.45) is 0. The average Bonchev–Trinajstić information content (AvgIpc) is 2.29. The van der Waals surface area contributed by atoms with Crippen LogP contribution in [0.1, 0.15) is 5.56 Å². The fourth-order valence-electron chi connectivity index (χ4n) is 1.30. The maximum absolute atomic E-state index is 11.5. The molecule has 7 heteroatoms. The topological polar surface area (TPSA) is 89.9 Å². The van der Waals surface area contributed by atoms with Gasteiger partial charge in [0.2, 0.25) is 10.0 Å². The molecule has 0 aliphatic heterocycles. The largest absolute Gasteiger partial charge is 0.504 e. The molecule has 0 saturated carbocycles. The van der Waals surface area contributed by atoms with E-state index in [1.54, 1.807) is 6.07 Å². The summed E-state index contributed by atoms with van der Waals surface area (Å²) >= 11 is 0. The van der Waals surface area contributed by atoms with Gasteiger partial charge in [-0.1, -0.05) is 6.07 Å². The van der Waals surface area contributed by atoms with Crippen LogP contribution < -0.4 is 5.32 Å². The molecule has 0 bridgehead atoms. The number of rotatable bonds is 6. The van der Waals surface area contributed by atoms with Crippen molar-refractivity contribution < 1.29 is 18.6 Å². The van der Waals surface area contributed by atoms with Crippen LogP contribution in [0.3, 0.4) is 0 Å². The van der Waals surface area contributed by atoms with Crippen LogP contribution >= 0.6 is 0 Å². The molecule has 0 aliphatic carbocycles. The number of phenols is 2. The number of sulfonamides is 1. The van der Waals surface area contributed by atoms with Crippen molar-refractivity contribution in [2.24, 2.45) is 0 Å². The van der Waals surface area contributed by atoms with E-state index in [4.69, 9.17) is 5.11 Å². The summed E-state index contributed by atoms with van der Waals surface area (Å²) in [5.41, 5.74) is 0.771. The van der Waals surface area contributed by atoms with Gasteiger partial charge in [-0.2, -0.15) is 0 Å². The molecule has 3 N–H and O–H groups in total. The minimum Gasteiger partial charge on any atom is -0.504 e. The first-order valence-corrected chi connectivity index (χ1v) is 7.05. The van der Waals surface area contributed by atoms with Crippen molar-refractivity contribution >= 4 is 10.0 Å². The summed E-state index contributed by atoms with van der Waals surface area (Å²) in [7, 11) is -0.199. The molecule has 0 amide bonds. The summed E-state index contributed by atoms with van der Waals surface area (Å²) in [6.45, 7) is 0.749. The Balaban J connectivity index is 2.41. The first-order chi connectivity index (χ1) is 8.33. The van der Waals surface area contributed by atoms with Crippen LogP contribution in [0.4, 0.5) is 0 Å². The van der Waals surface area contributed by atoms with Gasteiger partial charge in [-0.15, -0.1) is 0 Å². The number of phenolic OH excluding ortho intramolecular Hbond substituents is 2. The van der Waals surface area contributed by atoms with E-state index >= 15 is 0 Å². The van der Waals surface area contributed by atoms with E-state index in [0.29, 0.717) is 13.1 Å². The van der Waals surface area contributed by atoms with Crippen molar-refractivity contribution in [3.05, 3.63) is 23.8 Å². The van der Waals surface area contributed by atoms with Crippen LogP contribution in [-0.2, 0) is 16.6 Å². The first-order valence-electron chi connectivity index (χ1n) is 5.44. The van der Waals surface area contributed by atoms with E-state index in [0.717, 1.165) is 5.56 Å². The van der Waals surface area contributed by atoms with Crippen LogP contribution in [0, 0.1) is 0 Å². The van der Waals surface area contributed by atoms with Gasteiger partial charge >= 0.3 is 0 Å². The van der Waals surface area contributed by atoms with Crippen molar-refractivity contribution in [3.63, 3.8) is 0 Å². The molecular formula is C11H18N2O4S. The third-order valence-corrected chi connectivity index (χ3v) is 4.29. The number of hydrogen-bond donors (Lipinski definition) is 3. The predicted octanol–water partition coefficient (Wildman–Crippen LogP) is 0.0788. The molecule has 1 aromatic carbocycles. The lowest BCUT2D eigenvalue weighted by atomic mass is 10.2.